The summed E-state index contributed by atoms with van der Waals surface area (Å²) in [5.41, 5.74) is 0. The number of carboxylic acids is 1. The third-order valence-corrected chi connectivity index (χ3v) is 4.39. The minimum atomic E-state index is -3.57. The fourth-order valence-corrected chi connectivity index (χ4v) is 2.83. The van der Waals surface area contributed by atoms with Crippen LogP contribution in [0.3, 0.4) is 0 Å². The highest BCUT2D eigenvalue weighted by Crippen LogP contribution is 2.08. The first-order valence-corrected chi connectivity index (χ1v) is 6.89. The summed E-state index contributed by atoms with van der Waals surface area (Å²) in [6, 6.07) is -0.0859. The van der Waals surface area contributed by atoms with Gasteiger partial charge in [0.2, 0.25) is 0 Å². The second-order valence-corrected chi connectivity index (χ2v) is 6.15. The van der Waals surface area contributed by atoms with Gasteiger partial charge >= 0.3 is 5.97 Å². The van der Waals surface area contributed by atoms with Crippen molar-refractivity contribution < 1.29 is 18.3 Å². The lowest BCUT2D eigenvalue weighted by molar-refractivity contribution is -0.137. The Bertz CT molecular complexity index is 370. The van der Waals surface area contributed by atoms with Crippen molar-refractivity contribution in [2.45, 2.75) is 18.9 Å². The van der Waals surface area contributed by atoms with Gasteiger partial charge in [0.1, 0.15) is 0 Å². The molecule has 1 aliphatic heterocycles. The highest BCUT2D eigenvalue weighted by atomic mass is 32.2. The van der Waals surface area contributed by atoms with Crippen LogP contribution in [0.4, 0.5) is 0 Å². The number of carbonyl (C=O) groups is 1. The first kappa shape index (κ1) is 14.4. The normalized spacial score (nSPS) is 22.2. The highest BCUT2D eigenvalue weighted by Gasteiger charge is 2.26. The molecular formula is C9H19N3O4S. The van der Waals surface area contributed by atoms with Gasteiger partial charge in [-0.3, -0.25) is 4.79 Å². The summed E-state index contributed by atoms with van der Waals surface area (Å²) in [6.07, 6.45) is 0.588. The van der Waals surface area contributed by atoms with E-state index >= 15 is 0 Å². The van der Waals surface area contributed by atoms with Crippen LogP contribution < -0.4 is 4.72 Å². The molecule has 1 fully saturated rings. The predicted molar refractivity (Wildman–Crippen MR) is 62.8 cm³/mol. The van der Waals surface area contributed by atoms with Crippen molar-refractivity contribution in [2.24, 2.45) is 0 Å². The van der Waals surface area contributed by atoms with Crippen molar-refractivity contribution in [3.63, 3.8) is 0 Å². The number of aliphatic carboxylic acids is 1. The zero-order chi connectivity index (χ0) is 13.1. The van der Waals surface area contributed by atoms with Gasteiger partial charge in [0.25, 0.3) is 10.2 Å². The Morgan fingerprint density at radius 3 is 2.71 bits per heavy atom. The highest BCUT2D eigenvalue weighted by molar-refractivity contribution is 7.87. The number of nitrogens with zero attached hydrogens (tertiary/aromatic N) is 2. The second kappa shape index (κ2) is 5.76. The van der Waals surface area contributed by atoms with Crippen LogP contribution in [-0.4, -0.2) is 68.5 Å². The van der Waals surface area contributed by atoms with Crippen molar-refractivity contribution in [1.29, 1.82) is 0 Å². The number of rotatable bonds is 6. The number of likely N-dealkylation sites (N-methyl/N-ethyl adjacent to an activating group) is 1. The smallest absolute Gasteiger partial charge is 0.304 e. The standard InChI is InChI=1S/C9H19N3O4S/c1-11-5-3-8(7-11)10-17(15,16)12(2)6-4-9(13)14/h8,10H,3-7H2,1-2H3,(H,13,14). The van der Waals surface area contributed by atoms with Gasteiger partial charge in [0.05, 0.1) is 6.42 Å². The molecule has 2 N–H and O–H groups in total. The third kappa shape index (κ3) is 4.58. The summed E-state index contributed by atoms with van der Waals surface area (Å²) >= 11 is 0. The van der Waals surface area contributed by atoms with Gasteiger partial charge in [-0.2, -0.15) is 17.4 Å². The summed E-state index contributed by atoms with van der Waals surface area (Å²) in [6.45, 7) is 1.53. The first-order valence-electron chi connectivity index (χ1n) is 5.45. The lowest BCUT2D eigenvalue weighted by atomic mass is 10.3. The minimum absolute atomic E-state index is 0.0206. The average Bonchev–Trinajstić information content (AvgIpc) is 2.59. The van der Waals surface area contributed by atoms with Crippen LogP contribution in [0.15, 0.2) is 0 Å². The molecule has 17 heavy (non-hydrogen) atoms. The summed E-state index contributed by atoms with van der Waals surface area (Å²) < 4.78 is 27.2. The average molecular weight is 265 g/mol. The van der Waals surface area contributed by atoms with Gasteiger partial charge in [0, 0.05) is 26.2 Å². The molecule has 1 unspecified atom stereocenters. The van der Waals surface area contributed by atoms with Crippen LogP contribution in [0.5, 0.6) is 0 Å². The summed E-state index contributed by atoms with van der Waals surface area (Å²) in [7, 11) is -0.258. The lowest BCUT2D eigenvalue weighted by Crippen LogP contribution is -2.45. The van der Waals surface area contributed by atoms with E-state index in [0.717, 1.165) is 17.3 Å². The van der Waals surface area contributed by atoms with Crippen LogP contribution in [-0.2, 0) is 15.0 Å². The molecule has 1 atom stereocenters. The summed E-state index contributed by atoms with van der Waals surface area (Å²) in [5, 5.41) is 8.50. The molecule has 1 heterocycles. The fourth-order valence-electron chi connectivity index (χ4n) is 1.71. The fraction of sp³-hybridized carbons (Fsp3) is 0.889. The molecule has 1 rings (SSSR count). The number of carboxylic acid groups (broad SMARTS) is 1. The van der Waals surface area contributed by atoms with Gasteiger partial charge in [-0.25, -0.2) is 0 Å². The molecule has 0 spiro atoms. The maximum atomic E-state index is 11.8. The minimum Gasteiger partial charge on any atom is -0.481 e. The van der Waals surface area contributed by atoms with E-state index < -0.39 is 16.2 Å². The van der Waals surface area contributed by atoms with Crippen molar-refractivity contribution in [2.75, 3.05) is 33.7 Å². The predicted octanol–water partition coefficient (Wildman–Crippen LogP) is -1.07. The maximum Gasteiger partial charge on any atom is 0.304 e. The van der Waals surface area contributed by atoms with Gasteiger partial charge in [-0.05, 0) is 20.0 Å². The molecule has 0 aromatic rings. The van der Waals surface area contributed by atoms with E-state index in [9.17, 15) is 13.2 Å². The van der Waals surface area contributed by atoms with Crippen molar-refractivity contribution >= 4 is 16.2 Å². The largest absolute Gasteiger partial charge is 0.481 e. The van der Waals surface area contributed by atoms with E-state index in [1.807, 2.05) is 11.9 Å². The molecule has 0 radical (unpaired) electrons. The van der Waals surface area contributed by atoms with Crippen LogP contribution in [0.2, 0.25) is 0 Å². The zero-order valence-corrected chi connectivity index (χ0v) is 10.9. The molecule has 7 nitrogen and oxygen atoms in total. The Morgan fingerprint density at radius 1 is 1.59 bits per heavy atom. The summed E-state index contributed by atoms with van der Waals surface area (Å²) in [4.78, 5) is 12.4. The van der Waals surface area contributed by atoms with E-state index in [0.29, 0.717) is 6.54 Å². The Morgan fingerprint density at radius 2 is 2.24 bits per heavy atom. The Kier molecular flexibility index (Phi) is 4.87. The molecule has 0 amide bonds. The number of hydrogen-bond acceptors (Lipinski definition) is 4. The SMILES string of the molecule is CN1CCC(NS(=O)(=O)N(C)CCC(=O)O)C1. The molecule has 1 aliphatic rings. The summed E-state index contributed by atoms with van der Waals surface area (Å²) in [5.74, 6) is -1.01. The quantitative estimate of drug-likeness (QED) is 0.638. The second-order valence-electron chi connectivity index (χ2n) is 4.34. The molecular weight excluding hydrogens is 246 g/mol. The molecule has 0 aromatic heterocycles. The van der Waals surface area contributed by atoms with Crippen molar-refractivity contribution in [3.05, 3.63) is 0 Å². The first-order chi connectivity index (χ1) is 7.81. The molecule has 0 bridgehead atoms. The van der Waals surface area contributed by atoms with Crippen LogP contribution in [0.25, 0.3) is 0 Å². The van der Waals surface area contributed by atoms with Gasteiger partial charge in [0.15, 0.2) is 0 Å². The van der Waals surface area contributed by atoms with Crippen LogP contribution in [0, 0.1) is 0 Å². The molecule has 1 saturated heterocycles. The molecule has 100 valence electrons. The lowest BCUT2D eigenvalue weighted by Gasteiger charge is -2.20. The van der Waals surface area contributed by atoms with E-state index in [1.165, 1.54) is 7.05 Å². The van der Waals surface area contributed by atoms with Crippen molar-refractivity contribution in [3.8, 4) is 0 Å². The number of likely N-dealkylation sites (tertiary alicyclic amines) is 1. The monoisotopic (exact) mass is 265 g/mol. The number of nitrogens with one attached hydrogen (secondary N) is 1. The molecule has 0 aromatic carbocycles. The van der Waals surface area contributed by atoms with Crippen LogP contribution in [0.1, 0.15) is 12.8 Å². The topological polar surface area (TPSA) is 90.0 Å². The molecule has 0 aliphatic carbocycles. The van der Waals surface area contributed by atoms with Crippen molar-refractivity contribution in [1.82, 2.24) is 13.9 Å². The van der Waals surface area contributed by atoms with E-state index in [-0.39, 0.29) is 19.0 Å². The van der Waals surface area contributed by atoms with Crippen LogP contribution >= 0.6 is 0 Å². The zero-order valence-electron chi connectivity index (χ0n) is 10.1. The Labute approximate surface area is 102 Å². The molecule has 8 heteroatoms. The Hall–Kier alpha value is -0.700. The van der Waals surface area contributed by atoms with E-state index in [2.05, 4.69) is 4.72 Å². The maximum absolute atomic E-state index is 11.8. The van der Waals surface area contributed by atoms with Gasteiger partial charge in [-0.15, -0.1) is 0 Å². The third-order valence-electron chi connectivity index (χ3n) is 2.76. The molecule has 0 saturated carbocycles. The van der Waals surface area contributed by atoms with E-state index in [1.54, 1.807) is 0 Å². The van der Waals surface area contributed by atoms with Gasteiger partial charge < -0.3 is 10.0 Å². The Balaban J connectivity index is 2.47. The number of hydrogen-bond donors (Lipinski definition) is 2. The van der Waals surface area contributed by atoms with Gasteiger partial charge in [-0.1, -0.05) is 0 Å². The van der Waals surface area contributed by atoms with E-state index in [4.69, 9.17) is 5.11 Å².